The maximum atomic E-state index is 12.9. The smallest absolute Gasteiger partial charge is 0.151 e. The van der Waals surface area contributed by atoms with Gasteiger partial charge in [0.15, 0.2) is 5.78 Å². The van der Waals surface area contributed by atoms with Crippen LogP contribution in [0.4, 0.5) is 4.39 Å². The molecule has 0 saturated carbocycles. The Hall–Kier alpha value is -0.000000000000000222. The van der Waals surface area contributed by atoms with Crippen molar-refractivity contribution in [1.29, 1.82) is 0 Å². The van der Waals surface area contributed by atoms with E-state index in [-0.39, 0.29) is 16.9 Å². The van der Waals surface area contributed by atoms with E-state index in [1.807, 2.05) is 11.8 Å². The van der Waals surface area contributed by atoms with Crippen LogP contribution in [0.5, 0.6) is 0 Å². The molecule has 2 rings (SSSR count). The fraction of sp³-hybridized carbons (Fsp3) is 0.417. The number of Topliss-reactive ketones (excluding diaryl/α,β-unsaturated/α-hetero) is 1. The Morgan fingerprint density at radius 2 is 2.29 bits per heavy atom. The number of halogens is 2. The molecule has 0 radical (unpaired) electrons. The normalized spacial score (nSPS) is 20.2. The highest BCUT2D eigenvalue weighted by Gasteiger charge is 2.22. The number of ketones is 1. The first-order valence-corrected chi connectivity index (χ1v) is 8.32. The van der Waals surface area contributed by atoms with Crippen molar-refractivity contribution in [3.63, 3.8) is 0 Å². The van der Waals surface area contributed by atoms with Crippen molar-refractivity contribution in [1.82, 2.24) is 0 Å². The summed E-state index contributed by atoms with van der Waals surface area (Å²) in [6, 6.07) is 4.49. The summed E-state index contributed by atoms with van der Waals surface area (Å²) in [6.45, 7) is 0. The molecular weight excluding hydrogens is 323 g/mol. The highest BCUT2D eigenvalue weighted by Crippen LogP contribution is 2.27. The van der Waals surface area contributed by atoms with E-state index in [4.69, 9.17) is 0 Å². The van der Waals surface area contributed by atoms with Gasteiger partial charge in [-0.3, -0.25) is 4.79 Å². The molecule has 1 nitrogen and oxygen atoms in total. The van der Waals surface area contributed by atoms with E-state index in [1.54, 1.807) is 17.8 Å². The molecule has 1 fully saturated rings. The molecule has 0 bridgehead atoms. The van der Waals surface area contributed by atoms with Gasteiger partial charge < -0.3 is 0 Å². The van der Waals surface area contributed by atoms with Crippen molar-refractivity contribution < 1.29 is 9.18 Å². The van der Waals surface area contributed by atoms with Crippen LogP contribution in [0.2, 0.25) is 0 Å². The standard InChI is InChI=1S/C12H12BrFOS2/c13-10-6-9(14)2-1-8(10)5-11(15)12-7-16-3-4-17-12/h1-2,6,12H,3-5,7H2. The third-order valence-corrected chi connectivity index (χ3v) is 6.10. The molecule has 17 heavy (non-hydrogen) atoms. The van der Waals surface area contributed by atoms with Crippen LogP contribution in [0.15, 0.2) is 22.7 Å². The van der Waals surface area contributed by atoms with Crippen LogP contribution in [0, 0.1) is 5.82 Å². The number of thioether (sulfide) groups is 2. The third kappa shape index (κ3) is 3.73. The fourth-order valence-electron chi connectivity index (χ4n) is 1.64. The Balaban J connectivity index is 2.02. The minimum atomic E-state index is -0.282. The lowest BCUT2D eigenvalue weighted by Crippen LogP contribution is -2.25. The molecule has 0 amide bonds. The number of rotatable bonds is 3. The van der Waals surface area contributed by atoms with E-state index in [0.717, 1.165) is 22.8 Å². The number of hydrogen-bond donors (Lipinski definition) is 0. The molecule has 5 heteroatoms. The minimum Gasteiger partial charge on any atom is -0.298 e. The van der Waals surface area contributed by atoms with Crippen molar-refractivity contribution in [2.45, 2.75) is 11.7 Å². The van der Waals surface area contributed by atoms with E-state index >= 15 is 0 Å². The first kappa shape index (κ1) is 13.4. The summed E-state index contributed by atoms with van der Waals surface area (Å²) < 4.78 is 13.6. The summed E-state index contributed by atoms with van der Waals surface area (Å²) in [5.41, 5.74) is 0.868. The lowest BCUT2D eigenvalue weighted by molar-refractivity contribution is -0.117. The van der Waals surface area contributed by atoms with Crippen LogP contribution >= 0.6 is 39.5 Å². The van der Waals surface area contributed by atoms with Gasteiger partial charge in [0, 0.05) is 28.2 Å². The van der Waals surface area contributed by atoms with Gasteiger partial charge in [0.2, 0.25) is 0 Å². The topological polar surface area (TPSA) is 17.1 Å². The maximum Gasteiger partial charge on any atom is 0.151 e. The van der Waals surface area contributed by atoms with Crippen molar-refractivity contribution in [3.05, 3.63) is 34.1 Å². The predicted octanol–water partition coefficient (Wildman–Crippen LogP) is 3.55. The molecule has 0 N–H and O–H groups in total. The van der Waals surface area contributed by atoms with E-state index in [9.17, 15) is 9.18 Å². The third-order valence-electron chi connectivity index (χ3n) is 2.55. The van der Waals surface area contributed by atoms with E-state index < -0.39 is 0 Å². The van der Waals surface area contributed by atoms with Crippen LogP contribution < -0.4 is 0 Å². The van der Waals surface area contributed by atoms with Gasteiger partial charge in [-0.1, -0.05) is 22.0 Å². The largest absolute Gasteiger partial charge is 0.298 e. The molecule has 1 atom stereocenters. The zero-order valence-corrected chi connectivity index (χ0v) is 12.3. The number of carbonyl (C=O) groups is 1. The summed E-state index contributed by atoms with van der Waals surface area (Å²) in [4.78, 5) is 12.1. The zero-order valence-electron chi connectivity index (χ0n) is 9.12. The van der Waals surface area contributed by atoms with Crippen molar-refractivity contribution in [2.24, 2.45) is 0 Å². The first-order valence-electron chi connectivity index (χ1n) is 5.33. The molecule has 0 aliphatic carbocycles. The summed E-state index contributed by atoms with van der Waals surface area (Å²) in [5, 5.41) is 0.103. The van der Waals surface area contributed by atoms with Gasteiger partial charge in [0.25, 0.3) is 0 Å². The zero-order chi connectivity index (χ0) is 12.3. The molecule has 1 heterocycles. The Morgan fingerprint density at radius 3 is 2.94 bits per heavy atom. The van der Waals surface area contributed by atoms with Gasteiger partial charge in [-0.2, -0.15) is 11.8 Å². The second-order valence-corrected chi connectivity index (χ2v) is 7.13. The minimum absolute atomic E-state index is 0.103. The highest BCUT2D eigenvalue weighted by atomic mass is 79.9. The summed E-state index contributed by atoms with van der Waals surface area (Å²) in [7, 11) is 0. The quantitative estimate of drug-likeness (QED) is 0.841. The Bertz CT molecular complexity index is 419. The average Bonchev–Trinajstić information content (AvgIpc) is 2.34. The first-order chi connectivity index (χ1) is 8.16. The van der Waals surface area contributed by atoms with Gasteiger partial charge in [-0.05, 0) is 17.7 Å². The molecule has 1 aromatic rings. The Kier molecular flexibility index (Phi) is 4.94. The molecule has 1 aliphatic rings. The molecule has 1 aromatic carbocycles. The molecule has 1 aliphatic heterocycles. The van der Waals surface area contributed by atoms with Gasteiger partial charge in [-0.15, -0.1) is 11.8 Å². The van der Waals surface area contributed by atoms with Crippen molar-refractivity contribution in [3.8, 4) is 0 Å². The number of hydrogen-bond acceptors (Lipinski definition) is 3. The van der Waals surface area contributed by atoms with Crippen LogP contribution in [0.1, 0.15) is 5.56 Å². The van der Waals surface area contributed by atoms with Crippen molar-refractivity contribution >= 4 is 45.2 Å². The van der Waals surface area contributed by atoms with Gasteiger partial charge in [0.1, 0.15) is 5.82 Å². The second-order valence-electron chi connectivity index (χ2n) is 3.81. The highest BCUT2D eigenvalue weighted by molar-refractivity contribution is 9.10. The summed E-state index contributed by atoms with van der Waals surface area (Å²) >= 11 is 6.87. The molecule has 0 aromatic heterocycles. The summed E-state index contributed by atoms with van der Waals surface area (Å²) in [6.07, 6.45) is 0.388. The molecule has 0 spiro atoms. The van der Waals surface area contributed by atoms with E-state index in [0.29, 0.717) is 10.9 Å². The Labute approximate surface area is 117 Å². The van der Waals surface area contributed by atoms with Gasteiger partial charge in [0.05, 0.1) is 5.25 Å². The average molecular weight is 335 g/mol. The molecule has 92 valence electrons. The van der Waals surface area contributed by atoms with Crippen molar-refractivity contribution in [2.75, 3.05) is 17.3 Å². The van der Waals surface area contributed by atoms with E-state index in [2.05, 4.69) is 15.9 Å². The van der Waals surface area contributed by atoms with Crippen LogP contribution in [-0.4, -0.2) is 28.3 Å². The summed E-state index contributed by atoms with van der Waals surface area (Å²) in [5.74, 6) is 3.05. The monoisotopic (exact) mass is 334 g/mol. The maximum absolute atomic E-state index is 12.9. The number of carbonyl (C=O) groups excluding carboxylic acids is 1. The molecule has 1 unspecified atom stereocenters. The SMILES string of the molecule is O=C(Cc1ccc(F)cc1Br)C1CSCCS1. The fourth-order valence-corrected chi connectivity index (χ4v) is 4.78. The van der Waals surface area contributed by atoms with E-state index in [1.165, 1.54) is 12.1 Å². The Morgan fingerprint density at radius 1 is 1.47 bits per heavy atom. The second kappa shape index (κ2) is 6.25. The lowest BCUT2D eigenvalue weighted by atomic mass is 10.1. The lowest BCUT2D eigenvalue weighted by Gasteiger charge is -2.19. The predicted molar refractivity (Wildman–Crippen MR) is 76.4 cm³/mol. The molecular formula is C12H12BrFOS2. The van der Waals surface area contributed by atoms with Crippen LogP contribution in [-0.2, 0) is 11.2 Å². The molecule has 1 saturated heterocycles. The van der Waals surface area contributed by atoms with Gasteiger partial charge in [-0.25, -0.2) is 4.39 Å². The van der Waals surface area contributed by atoms with Gasteiger partial charge >= 0.3 is 0 Å². The van der Waals surface area contributed by atoms with Crippen LogP contribution in [0.25, 0.3) is 0 Å². The number of benzene rings is 1. The van der Waals surface area contributed by atoms with Crippen LogP contribution in [0.3, 0.4) is 0 Å².